The van der Waals surface area contributed by atoms with Crippen LogP contribution in [0.2, 0.25) is 0 Å². The van der Waals surface area contributed by atoms with Gasteiger partial charge in [-0.05, 0) is 88.4 Å². The van der Waals surface area contributed by atoms with Crippen LogP contribution < -0.4 is 4.72 Å². The van der Waals surface area contributed by atoms with Gasteiger partial charge in [0.25, 0.3) is 0 Å². The number of rotatable bonds is 4. The SMILES string of the molecule is CC(C)(C)OC(=O)N1CC2(CC2)C(NSC(C)(C)C)C1Cc1cccc(Br)c1F. The van der Waals surface area contributed by atoms with Crippen LogP contribution in [0.4, 0.5) is 9.18 Å². The van der Waals surface area contributed by atoms with Gasteiger partial charge in [-0.25, -0.2) is 9.18 Å². The molecule has 1 saturated heterocycles. The van der Waals surface area contributed by atoms with Gasteiger partial charge in [0.1, 0.15) is 11.4 Å². The van der Waals surface area contributed by atoms with E-state index in [4.69, 9.17) is 4.74 Å². The predicted octanol–water partition coefficient (Wildman–Crippen LogP) is 5.94. The van der Waals surface area contributed by atoms with Gasteiger partial charge in [0, 0.05) is 22.7 Å². The number of amides is 1. The minimum absolute atomic E-state index is 0.0427. The van der Waals surface area contributed by atoms with Gasteiger partial charge in [0.05, 0.1) is 10.5 Å². The fraction of sp³-hybridized carbons (Fsp3) is 0.682. The molecule has 162 valence electrons. The summed E-state index contributed by atoms with van der Waals surface area (Å²) in [7, 11) is 0. The van der Waals surface area contributed by atoms with Crippen molar-refractivity contribution in [1.82, 2.24) is 9.62 Å². The van der Waals surface area contributed by atoms with Crippen LogP contribution in [0.15, 0.2) is 22.7 Å². The van der Waals surface area contributed by atoms with E-state index in [9.17, 15) is 9.18 Å². The number of halogens is 2. The van der Waals surface area contributed by atoms with Gasteiger partial charge in [-0.3, -0.25) is 4.72 Å². The van der Waals surface area contributed by atoms with Crippen molar-refractivity contribution in [2.75, 3.05) is 6.54 Å². The fourth-order valence-corrected chi connectivity index (χ4v) is 5.19. The molecule has 1 aromatic rings. The Morgan fingerprint density at radius 3 is 2.52 bits per heavy atom. The van der Waals surface area contributed by atoms with Crippen molar-refractivity contribution in [1.29, 1.82) is 0 Å². The van der Waals surface area contributed by atoms with Crippen LogP contribution >= 0.6 is 27.9 Å². The highest BCUT2D eigenvalue weighted by Crippen LogP contribution is 2.56. The zero-order valence-electron chi connectivity index (χ0n) is 18.1. The molecule has 0 radical (unpaired) electrons. The number of hydrogen-bond acceptors (Lipinski definition) is 4. The van der Waals surface area contributed by atoms with E-state index in [-0.39, 0.29) is 34.2 Å². The van der Waals surface area contributed by atoms with Gasteiger partial charge < -0.3 is 9.64 Å². The van der Waals surface area contributed by atoms with Crippen LogP contribution in [0.3, 0.4) is 0 Å². The van der Waals surface area contributed by atoms with Crippen LogP contribution in [-0.2, 0) is 11.2 Å². The number of carbonyl (C=O) groups is 1. The first kappa shape index (κ1) is 22.9. The molecule has 1 aliphatic carbocycles. The Bertz CT molecular complexity index is 771. The zero-order valence-corrected chi connectivity index (χ0v) is 20.5. The minimum Gasteiger partial charge on any atom is -0.444 e. The molecule has 1 saturated carbocycles. The normalized spacial score (nSPS) is 23.5. The first-order valence-electron chi connectivity index (χ1n) is 10.2. The zero-order chi connectivity index (χ0) is 21.6. The Labute approximate surface area is 186 Å². The lowest BCUT2D eigenvalue weighted by molar-refractivity contribution is 0.0213. The number of likely N-dealkylation sites (tertiary alicyclic amines) is 1. The fourth-order valence-electron chi connectivity index (χ4n) is 3.90. The average Bonchev–Trinajstić information content (AvgIpc) is 3.26. The second kappa shape index (κ2) is 8.04. The van der Waals surface area contributed by atoms with E-state index in [2.05, 4.69) is 41.4 Å². The summed E-state index contributed by atoms with van der Waals surface area (Å²) in [4.78, 5) is 14.9. The molecule has 1 spiro atoms. The molecule has 1 aliphatic heterocycles. The molecule has 1 aromatic carbocycles. The van der Waals surface area contributed by atoms with E-state index in [1.54, 1.807) is 24.1 Å². The highest BCUT2D eigenvalue weighted by Gasteiger charge is 2.61. The standard InChI is InChI=1S/C22H32BrFN2O2S/c1-20(2,3)28-19(27)26-13-22(10-11-22)18(25-29-21(4,5)6)16(26)12-14-8-7-9-15(23)17(14)24/h7-9,16,18,25H,10-13H2,1-6H3. The van der Waals surface area contributed by atoms with E-state index in [0.717, 1.165) is 12.8 Å². The number of nitrogens with one attached hydrogen (secondary N) is 1. The topological polar surface area (TPSA) is 41.6 Å². The van der Waals surface area contributed by atoms with Gasteiger partial charge >= 0.3 is 6.09 Å². The van der Waals surface area contributed by atoms with E-state index in [1.165, 1.54) is 0 Å². The number of carbonyl (C=O) groups excluding carboxylic acids is 1. The maximum atomic E-state index is 14.8. The maximum Gasteiger partial charge on any atom is 0.410 e. The lowest BCUT2D eigenvalue weighted by Gasteiger charge is -2.32. The third-order valence-corrected chi connectivity index (χ3v) is 7.00. The first-order chi connectivity index (χ1) is 13.3. The van der Waals surface area contributed by atoms with Gasteiger partial charge in [-0.2, -0.15) is 0 Å². The lowest BCUT2D eigenvalue weighted by Crippen LogP contribution is -2.47. The van der Waals surface area contributed by atoms with Gasteiger partial charge in [0.2, 0.25) is 0 Å². The smallest absolute Gasteiger partial charge is 0.410 e. The highest BCUT2D eigenvalue weighted by molar-refractivity contribution is 9.10. The Kier molecular flexibility index (Phi) is 6.35. The molecule has 29 heavy (non-hydrogen) atoms. The Morgan fingerprint density at radius 2 is 1.97 bits per heavy atom. The summed E-state index contributed by atoms with van der Waals surface area (Å²) in [5.74, 6) is -0.254. The molecule has 3 rings (SSSR count). The molecular formula is C22H32BrFN2O2S. The molecule has 7 heteroatoms. The average molecular weight is 487 g/mol. The van der Waals surface area contributed by atoms with Crippen LogP contribution in [0.5, 0.6) is 0 Å². The summed E-state index contributed by atoms with van der Waals surface area (Å²) < 4.78 is 24.6. The summed E-state index contributed by atoms with van der Waals surface area (Å²) in [6.07, 6.45) is 2.29. The maximum absolute atomic E-state index is 14.8. The lowest BCUT2D eigenvalue weighted by atomic mass is 9.92. The van der Waals surface area contributed by atoms with Gasteiger partial charge in [-0.1, -0.05) is 24.1 Å². The second-order valence-corrected chi connectivity index (χ2v) is 12.8. The highest BCUT2D eigenvalue weighted by atomic mass is 79.9. The van der Waals surface area contributed by atoms with Crippen molar-refractivity contribution in [2.45, 2.75) is 83.2 Å². The summed E-state index contributed by atoms with van der Waals surface area (Å²) in [6.45, 7) is 12.8. The van der Waals surface area contributed by atoms with Crippen LogP contribution in [0.25, 0.3) is 0 Å². The predicted molar refractivity (Wildman–Crippen MR) is 120 cm³/mol. The van der Waals surface area contributed by atoms with Crippen molar-refractivity contribution in [3.8, 4) is 0 Å². The van der Waals surface area contributed by atoms with Crippen molar-refractivity contribution in [2.24, 2.45) is 5.41 Å². The Hall–Kier alpha value is -0.790. The third kappa shape index (κ3) is 5.47. The van der Waals surface area contributed by atoms with E-state index in [0.29, 0.717) is 23.0 Å². The molecule has 1 amide bonds. The number of nitrogens with zero attached hydrogens (tertiary/aromatic N) is 1. The molecular weight excluding hydrogens is 455 g/mol. The largest absolute Gasteiger partial charge is 0.444 e. The quantitative estimate of drug-likeness (QED) is 0.535. The molecule has 2 aliphatic rings. The van der Waals surface area contributed by atoms with E-state index >= 15 is 0 Å². The van der Waals surface area contributed by atoms with Crippen LogP contribution in [0, 0.1) is 11.2 Å². The van der Waals surface area contributed by atoms with E-state index < -0.39 is 5.60 Å². The summed E-state index contributed by atoms with van der Waals surface area (Å²) in [5, 5.41) is 0. The monoisotopic (exact) mass is 486 g/mol. The minimum atomic E-state index is -0.564. The van der Waals surface area contributed by atoms with Crippen LogP contribution in [0.1, 0.15) is 59.9 Å². The van der Waals surface area contributed by atoms with Crippen molar-refractivity contribution in [3.63, 3.8) is 0 Å². The molecule has 0 aromatic heterocycles. The molecule has 2 fully saturated rings. The van der Waals surface area contributed by atoms with Crippen molar-refractivity contribution in [3.05, 3.63) is 34.1 Å². The van der Waals surface area contributed by atoms with Crippen molar-refractivity contribution < 1.29 is 13.9 Å². The summed E-state index contributed by atoms with van der Waals surface area (Å²) in [6, 6.07) is 5.28. The van der Waals surface area contributed by atoms with E-state index in [1.807, 2.05) is 31.7 Å². The number of hydrogen-bond donors (Lipinski definition) is 1. The number of ether oxygens (including phenoxy) is 1. The second-order valence-electron chi connectivity index (χ2n) is 10.3. The molecule has 2 atom stereocenters. The Morgan fingerprint density at radius 1 is 1.31 bits per heavy atom. The molecule has 2 unspecified atom stereocenters. The molecule has 0 bridgehead atoms. The van der Waals surface area contributed by atoms with Gasteiger partial charge in [-0.15, -0.1) is 0 Å². The third-order valence-electron chi connectivity index (χ3n) is 5.40. The Balaban J connectivity index is 1.90. The first-order valence-corrected chi connectivity index (χ1v) is 11.8. The van der Waals surface area contributed by atoms with Crippen molar-refractivity contribution >= 4 is 34.0 Å². The van der Waals surface area contributed by atoms with Gasteiger partial charge in [0.15, 0.2) is 0 Å². The molecule has 4 nitrogen and oxygen atoms in total. The summed E-state index contributed by atoms with van der Waals surface area (Å²) in [5.41, 5.74) is 0.107. The number of benzene rings is 1. The molecule has 1 N–H and O–H groups in total. The van der Waals surface area contributed by atoms with Crippen LogP contribution in [-0.4, -0.2) is 40.0 Å². The molecule has 1 heterocycles. The summed E-state index contributed by atoms with van der Waals surface area (Å²) >= 11 is 4.98.